The third-order valence-electron chi connectivity index (χ3n) is 3.25. The van der Waals surface area contributed by atoms with Crippen LogP contribution in [0.25, 0.3) is 0 Å². The molecular weight excluding hydrogens is 206 g/mol. The average molecular weight is 227 g/mol. The molecule has 0 bridgehead atoms. The molecule has 0 aromatic rings. The molecule has 0 N–H and O–H groups in total. The second-order valence-electron chi connectivity index (χ2n) is 5.94. The number of carbonyl (C=O) groups is 1. The molecule has 92 valence electrons. The largest absolute Gasteiger partial charge is 0.444 e. The summed E-state index contributed by atoms with van der Waals surface area (Å²) in [5, 5.41) is 0. The van der Waals surface area contributed by atoms with Crippen molar-refractivity contribution in [2.45, 2.75) is 57.8 Å². The number of rotatable bonds is 0. The van der Waals surface area contributed by atoms with E-state index in [0.717, 1.165) is 19.4 Å². The van der Waals surface area contributed by atoms with Gasteiger partial charge in [-0.2, -0.15) is 0 Å². The Hall–Kier alpha value is -0.770. The van der Waals surface area contributed by atoms with E-state index in [0.29, 0.717) is 6.54 Å². The first kappa shape index (κ1) is 11.7. The predicted molar refractivity (Wildman–Crippen MR) is 60.3 cm³/mol. The minimum absolute atomic E-state index is 0.0592. The van der Waals surface area contributed by atoms with Gasteiger partial charge in [-0.05, 0) is 34.1 Å². The second-order valence-corrected chi connectivity index (χ2v) is 5.94. The molecule has 2 rings (SSSR count). The smallest absolute Gasteiger partial charge is 0.410 e. The fraction of sp³-hybridized carbons (Fsp3) is 0.917. The van der Waals surface area contributed by atoms with Crippen LogP contribution in [0.1, 0.15) is 40.5 Å². The molecule has 0 saturated carbocycles. The van der Waals surface area contributed by atoms with E-state index in [1.807, 2.05) is 20.8 Å². The lowest BCUT2D eigenvalue weighted by Gasteiger charge is -2.38. The molecule has 2 atom stereocenters. The maximum absolute atomic E-state index is 11.9. The number of carbonyl (C=O) groups excluding carboxylic acids is 1. The van der Waals surface area contributed by atoms with E-state index in [4.69, 9.17) is 9.47 Å². The van der Waals surface area contributed by atoms with Crippen LogP contribution in [-0.2, 0) is 9.47 Å². The van der Waals surface area contributed by atoms with Crippen molar-refractivity contribution in [2.24, 2.45) is 0 Å². The summed E-state index contributed by atoms with van der Waals surface area (Å²) in [6.45, 7) is 9.24. The second kappa shape index (κ2) is 3.62. The van der Waals surface area contributed by atoms with Crippen LogP contribution in [0.5, 0.6) is 0 Å². The quantitative estimate of drug-likeness (QED) is 0.636. The summed E-state index contributed by atoms with van der Waals surface area (Å²) in [7, 11) is 0. The Labute approximate surface area is 96.9 Å². The average Bonchev–Trinajstić information content (AvgIpc) is 2.39. The van der Waals surface area contributed by atoms with Gasteiger partial charge >= 0.3 is 6.09 Å². The number of hydrogen-bond acceptors (Lipinski definition) is 3. The van der Waals surface area contributed by atoms with E-state index in [1.165, 1.54) is 0 Å². The zero-order chi connectivity index (χ0) is 12.0. The molecule has 2 aliphatic heterocycles. The normalized spacial score (nSPS) is 34.0. The molecule has 1 spiro atoms. The molecule has 4 heteroatoms. The molecule has 2 aliphatic rings. The zero-order valence-electron chi connectivity index (χ0n) is 10.6. The molecule has 2 heterocycles. The summed E-state index contributed by atoms with van der Waals surface area (Å²) in [6, 6.07) is 0.218. The first-order chi connectivity index (χ1) is 7.31. The zero-order valence-corrected chi connectivity index (χ0v) is 10.6. The Bertz CT molecular complexity index is 291. The van der Waals surface area contributed by atoms with E-state index in [2.05, 4.69) is 6.92 Å². The van der Waals surface area contributed by atoms with Gasteiger partial charge in [0, 0.05) is 12.5 Å². The monoisotopic (exact) mass is 227 g/mol. The summed E-state index contributed by atoms with van der Waals surface area (Å²) in [6.07, 6.45) is 1.79. The van der Waals surface area contributed by atoms with Crippen LogP contribution < -0.4 is 0 Å². The number of hydrogen-bond donors (Lipinski definition) is 0. The molecule has 0 radical (unpaired) electrons. The van der Waals surface area contributed by atoms with Crippen LogP contribution in [-0.4, -0.2) is 41.4 Å². The molecule has 0 aromatic carbocycles. The number of amides is 1. The molecule has 0 aliphatic carbocycles. The van der Waals surface area contributed by atoms with E-state index in [-0.39, 0.29) is 17.7 Å². The topological polar surface area (TPSA) is 38.8 Å². The van der Waals surface area contributed by atoms with Crippen molar-refractivity contribution < 1.29 is 14.3 Å². The molecule has 2 saturated heterocycles. The molecule has 4 nitrogen and oxygen atoms in total. The minimum Gasteiger partial charge on any atom is -0.444 e. The highest BCUT2D eigenvalue weighted by Gasteiger charge is 2.50. The van der Waals surface area contributed by atoms with E-state index < -0.39 is 5.60 Å². The van der Waals surface area contributed by atoms with Crippen molar-refractivity contribution >= 4 is 6.09 Å². The highest BCUT2D eigenvalue weighted by molar-refractivity contribution is 5.69. The summed E-state index contributed by atoms with van der Waals surface area (Å²) >= 11 is 0. The number of likely N-dealkylation sites (tertiary alicyclic amines) is 1. The first-order valence-electron chi connectivity index (χ1n) is 5.95. The van der Waals surface area contributed by atoms with E-state index in [1.54, 1.807) is 4.90 Å². The molecule has 16 heavy (non-hydrogen) atoms. The third-order valence-corrected chi connectivity index (χ3v) is 3.25. The summed E-state index contributed by atoms with van der Waals surface area (Å²) in [5.41, 5.74) is -0.483. The van der Waals surface area contributed by atoms with E-state index >= 15 is 0 Å². The van der Waals surface area contributed by atoms with Gasteiger partial charge in [0.05, 0.1) is 18.8 Å². The highest BCUT2D eigenvalue weighted by atomic mass is 16.6. The van der Waals surface area contributed by atoms with Crippen molar-refractivity contribution in [1.82, 2.24) is 4.90 Å². The number of ether oxygens (including phenoxy) is 2. The first-order valence-corrected chi connectivity index (χ1v) is 5.95. The molecule has 2 fully saturated rings. The Kier molecular flexibility index (Phi) is 2.65. The van der Waals surface area contributed by atoms with Crippen LogP contribution in [0.3, 0.4) is 0 Å². The molecule has 0 aromatic heterocycles. The standard InChI is InChI=1S/C12H21NO3/c1-9-7-12(5-6-15-12)8-13(9)10(14)16-11(2,3)4/h9H,5-8H2,1-4H3/t9-,12?/m1/s1. The maximum atomic E-state index is 11.9. The lowest BCUT2D eigenvalue weighted by atomic mass is 9.92. The molecule has 1 unspecified atom stereocenters. The molecular formula is C12H21NO3. The fourth-order valence-electron chi connectivity index (χ4n) is 2.42. The van der Waals surface area contributed by atoms with Crippen molar-refractivity contribution in [3.8, 4) is 0 Å². The Morgan fingerprint density at radius 2 is 2.12 bits per heavy atom. The Morgan fingerprint density at radius 1 is 1.50 bits per heavy atom. The van der Waals surface area contributed by atoms with Gasteiger partial charge in [-0.1, -0.05) is 0 Å². The van der Waals surface area contributed by atoms with Crippen LogP contribution in [0.4, 0.5) is 4.79 Å². The van der Waals surface area contributed by atoms with Gasteiger partial charge in [0.2, 0.25) is 0 Å². The van der Waals surface area contributed by atoms with Gasteiger partial charge in [0.25, 0.3) is 0 Å². The minimum atomic E-state index is -0.424. The SMILES string of the molecule is C[C@@H]1CC2(CCO2)CN1C(=O)OC(C)(C)C. The van der Waals surface area contributed by atoms with Crippen molar-refractivity contribution in [2.75, 3.05) is 13.2 Å². The highest BCUT2D eigenvalue weighted by Crippen LogP contribution is 2.39. The van der Waals surface area contributed by atoms with Crippen LogP contribution in [0.2, 0.25) is 0 Å². The predicted octanol–water partition coefficient (Wildman–Crippen LogP) is 2.17. The van der Waals surface area contributed by atoms with Gasteiger partial charge in [0.1, 0.15) is 5.60 Å². The van der Waals surface area contributed by atoms with Gasteiger partial charge in [-0.15, -0.1) is 0 Å². The van der Waals surface area contributed by atoms with Crippen LogP contribution >= 0.6 is 0 Å². The van der Waals surface area contributed by atoms with Crippen molar-refractivity contribution in [1.29, 1.82) is 0 Å². The van der Waals surface area contributed by atoms with Gasteiger partial charge in [0.15, 0.2) is 0 Å². The van der Waals surface area contributed by atoms with Gasteiger partial charge in [-0.3, -0.25) is 0 Å². The third kappa shape index (κ3) is 2.17. The Balaban J connectivity index is 1.97. The van der Waals surface area contributed by atoms with Crippen molar-refractivity contribution in [3.63, 3.8) is 0 Å². The van der Waals surface area contributed by atoms with Crippen LogP contribution in [0.15, 0.2) is 0 Å². The van der Waals surface area contributed by atoms with Gasteiger partial charge < -0.3 is 14.4 Å². The molecule has 1 amide bonds. The summed E-state index contributed by atoms with van der Waals surface area (Å²) in [5.74, 6) is 0. The maximum Gasteiger partial charge on any atom is 0.410 e. The number of nitrogens with zero attached hydrogens (tertiary/aromatic N) is 1. The fourth-order valence-corrected chi connectivity index (χ4v) is 2.42. The summed E-state index contributed by atoms with van der Waals surface area (Å²) in [4.78, 5) is 13.7. The van der Waals surface area contributed by atoms with Crippen LogP contribution in [0, 0.1) is 0 Å². The van der Waals surface area contributed by atoms with E-state index in [9.17, 15) is 4.79 Å². The lowest BCUT2D eigenvalue weighted by molar-refractivity contribution is -0.137. The van der Waals surface area contributed by atoms with Gasteiger partial charge in [-0.25, -0.2) is 4.79 Å². The van der Waals surface area contributed by atoms with Crippen molar-refractivity contribution in [3.05, 3.63) is 0 Å². The lowest BCUT2D eigenvalue weighted by Crippen LogP contribution is -2.47. The Morgan fingerprint density at radius 3 is 2.50 bits per heavy atom. The summed E-state index contributed by atoms with van der Waals surface area (Å²) < 4.78 is 11.0.